The smallest absolute Gasteiger partial charge is 0.265 e. The number of nitrogens with zero attached hydrogens (tertiary/aromatic N) is 2. The maximum Gasteiger partial charge on any atom is 0.265 e. The van der Waals surface area contributed by atoms with Gasteiger partial charge in [0.25, 0.3) is 5.91 Å². The minimum absolute atomic E-state index is 0.154. The third kappa shape index (κ3) is 3.37. The van der Waals surface area contributed by atoms with E-state index in [0.29, 0.717) is 10.6 Å². The maximum atomic E-state index is 12.0. The average Bonchev–Trinajstić information content (AvgIpc) is 3.04. The van der Waals surface area contributed by atoms with E-state index in [2.05, 4.69) is 14.9 Å². The van der Waals surface area contributed by atoms with Crippen molar-refractivity contribution in [3.05, 3.63) is 33.0 Å². The lowest BCUT2D eigenvalue weighted by molar-refractivity contribution is 0.0919. The molecule has 0 spiro atoms. The quantitative estimate of drug-likeness (QED) is 0.887. The van der Waals surface area contributed by atoms with E-state index < -0.39 is 6.10 Å². The molecule has 0 fully saturated rings. The van der Waals surface area contributed by atoms with Crippen molar-refractivity contribution < 1.29 is 9.90 Å². The number of aromatic nitrogens is 2. The zero-order valence-electron chi connectivity index (χ0n) is 10.7. The second-order valence-corrected chi connectivity index (χ2v) is 5.96. The molecule has 102 valence electrons. The Kier molecular flexibility index (Phi) is 4.62. The SMILES string of the molecule is CC(C)c1nnsc1C(=O)NCC(O)c1ccsc1. The van der Waals surface area contributed by atoms with E-state index in [1.807, 2.05) is 30.7 Å². The fraction of sp³-hybridized carbons (Fsp3) is 0.417. The lowest BCUT2D eigenvalue weighted by atomic mass is 10.1. The Morgan fingerprint density at radius 1 is 1.53 bits per heavy atom. The fourth-order valence-electron chi connectivity index (χ4n) is 1.58. The first-order valence-electron chi connectivity index (χ1n) is 5.90. The highest BCUT2D eigenvalue weighted by Gasteiger charge is 2.19. The van der Waals surface area contributed by atoms with Gasteiger partial charge in [0.1, 0.15) is 4.88 Å². The molecule has 19 heavy (non-hydrogen) atoms. The Morgan fingerprint density at radius 2 is 2.32 bits per heavy atom. The van der Waals surface area contributed by atoms with Gasteiger partial charge in [0.05, 0.1) is 11.8 Å². The van der Waals surface area contributed by atoms with Crippen molar-refractivity contribution in [3.8, 4) is 0 Å². The summed E-state index contributed by atoms with van der Waals surface area (Å²) in [5, 5.41) is 20.3. The standard InChI is InChI=1S/C12H15N3O2S2/c1-7(2)10-11(19-15-14-10)12(17)13-5-9(16)8-3-4-18-6-8/h3-4,6-7,9,16H,5H2,1-2H3,(H,13,17). The van der Waals surface area contributed by atoms with E-state index in [1.54, 1.807) is 0 Å². The molecule has 0 bridgehead atoms. The maximum absolute atomic E-state index is 12.0. The van der Waals surface area contributed by atoms with E-state index in [-0.39, 0.29) is 18.4 Å². The van der Waals surface area contributed by atoms with Gasteiger partial charge >= 0.3 is 0 Å². The molecular formula is C12H15N3O2S2. The summed E-state index contributed by atoms with van der Waals surface area (Å²) in [5.41, 5.74) is 1.52. The molecule has 0 aromatic carbocycles. The Balaban J connectivity index is 1.96. The number of carbonyl (C=O) groups is 1. The van der Waals surface area contributed by atoms with Crippen LogP contribution >= 0.6 is 22.9 Å². The van der Waals surface area contributed by atoms with Gasteiger partial charge in [-0.2, -0.15) is 11.3 Å². The summed E-state index contributed by atoms with van der Waals surface area (Å²) in [6.45, 7) is 4.12. The van der Waals surface area contributed by atoms with Gasteiger partial charge < -0.3 is 10.4 Å². The van der Waals surface area contributed by atoms with Crippen molar-refractivity contribution in [1.29, 1.82) is 0 Å². The molecule has 1 atom stereocenters. The normalized spacial score (nSPS) is 12.6. The van der Waals surface area contributed by atoms with Crippen LogP contribution in [-0.4, -0.2) is 27.1 Å². The monoisotopic (exact) mass is 297 g/mol. The Bertz CT molecular complexity index is 537. The molecule has 0 aliphatic rings. The van der Waals surface area contributed by atoms with Gasteiger partial charge in [0, 0.05) is 6.54 Å². The molecule has 2 aromatic rings. The molecule has 1 unspecified atom stereocenters. The minimum Gasteiger partial charge on any atom is -0.387 e. The van der Waals surface area contributed by atoms with Crippen molar-refractivity contribution in [2.24, 2.45) is 0 Å². The zero-order valence-corrected chi connectivity index (χ0v) is 12.3. The molecule has 0 aliphatic heterocycles. The van der Waals surface area contributed by atoms with Crippen LogP contribution in [0.25, 0.3) is 0 Å². The fourth-order valence-corrected chi connectivity index (χ4v) is 3.03. The van der Waals surface area contributed by atoms with Crippen LogP contribution in [0.5, 0.6) is 0 Å². The van der Waals surface area contributed by atoms with Crippen molar-refractivity contribution in [1.82, 2.24) is 14.9 Å². The number of rotatable bonds is 5. The van der Waals surface area contributed by atoms with Crippen LogP contribution in [0.4, 0.5) is 0 Å². The van der Waals surface area contributed by atoms with Gasteiger partial charge in [-0.05, 0) is 39.8 Å². The van der Waals surface area contributed by atoms with Crippen LogP contribution in [0.1, 0.15) is 46.8 Å². The van der Waals surface area contributed by atoms with Crippen LogP contribution in [0.15, 0.2) is 16.8 Å². The highest BCUT2D eigenvalue weighted by atomic mass is 32.1. The summed E-state index contributed by atoms with van der Waals surface area (Å²) >= 11 is 2.60. The Morgan fingerprint density at radius 3 is 2.95 bits per heavy atom. The van der Waals surface area contributed by atoms with Gasteiger partial charge in [-0.25, -0.2) is 0 Å². The first-order valence-corrected chi connectivity index (χ1v) is 7.61. The van der Waals surface area contributed by atoms with Crippen molar-refractivity contribution in [2.75, 3.05) is 6.54 Å². The summed E-state index contributed by atoms with van der Waals surface area (Å²) in [5.74, 6) is -0.0747. The molecule has 0 radical (unpaired) electrons. The van der Waals surface area contributed by atoms with Crippen LogP contribution in [0.2, 0.25) is 0 Å². The van der Waals surface area contributed by atoms with Crippen LogP contribution in [0, 0.1) is 0 Å². The number of amides is 1. The van der Waals surface area contributed by atoms with Gasteiger partial charge in [-0.1, -0.05) is 18.3 Å². The number of hydrogen-bond donors (Lipinski definition) is 2. The van der Waals surface area contributed by atoms with Crippen molar-refractivity contribution in [2.45, 2.75) is 25.9 Å². The molecule has 7 heteroatoms. The Labute approximate surface area is 119 Å². The molecule has 2 heterocycles. The highest BCUT2D eigenvalue weighted by Crippen LogP contribution is 2.20. The molecule has 0 aliphatic carbocycles. The first-order chi connectivity index (χ1) is 9.09. The molecule has 0 saturated carbocycles. The van der Waals surface area contributed by atoms with Gasteiger partial charge in [-0.15, -0.1) is 5.10 Å². The first kappa shape index (κ1) is 14.1. The predicted octanol–water partition coefficient (Wildman–Crippen LogP) is 2.19. The van der Waals surface area contributed by atoms with Crippen LogP contribution in [0.3, 0.4) is 0 Å². The number of carbonyl (C=O) groups excluding carboxylic acids is 1. The second kappa shape index (κ2) is 6.23. The molecule has 2 rings (SSSR count). The van der Waals surface area contributed by atoms with Crippen LogP contribution < -0.4 is 5.32 Å². The largest absolute Gasteiger partial charge is 0.387 e. The third-order valence-corrected chi connectivity index (χ3v) is 4.09. The van der Waals surface area contributed by atoms with Gasteiger partial charge in [0.15, 0.2) is 0 Å². The van der Waals surface area contributed by atoms with Gasteiger partial charge in [0.2, 0.25) is 0 Å². The second-order valence-electron chi connectivity index (χ2n) is 4.42. The molecule has 5 nitrogen and oxygen atoms in total. The number of thiophene rings is 1. The van der Waals surface area contributed by atoms with E-state index >= 15 is 0 Å². The molecule has 2 aromatic heterocycles. The molecule has 2 N–H and O–H groups in total. The lowest BCUT2D eigenvalue weighted by Gasteiger charge is -2.10. The van der Waals surface area contributed by atoms with E-state index in [0.717, 1.165) is 17.1 Å². The van der Waals surface area contributed by atoms with E-state index in [1.165, 1.54) is 11.3 Å². The molecular weight excluding hydrogens is 282 g/mol. The third-order valence-electron chi connectivity index (χ3n) is 2.65. The highest BCUT2D eigenvalue weighted by molar-refractivity contribution is 7.08. The zero-order chi connectivity index (χ0) is 13.8. The number of aliphatic hydroxyl groups excluding tert-OH is 1. The van der Waals surface area contributed by atoms with Crippen molar-refractivity contribution >= 4 is 28.8 Å². The summed E-state index contributed by atoms with van der Waals surface area (Å²) in [6, 6.07) is 1.84. The molecule has 0 saturated heterocycles. The van der Waals surface area contributed by atoms with E-state index in [9.17, 15) is 9.90 Å². The number of aliphatic hydroxyl groups is 1. The van der Waals surface area contributed by atoms with Crippen LogP contribution in [-0.2, 0) is 0 Å². The number of nitrogens with one attached hydrogen (secondary N) is 1. The number of hydrogen-bond acceptors (Lipinski definition) is 6. The summed E-state index contributed by atoms with van der Waals surface area (Å²) in [7, 11) is 0. The summed E-state index contributed by atoms with van der Waals surface area (Å²) in [6.07, 6.45) is -0.682. The van der Waals surface area contributed by atoms with Gasteiger partial charge in [-0.3, -0.25) is 4.79 Å². The predicted molar refractivity (Wildman–Crippen MR) is 75.6 cm³/mol. The van der Waals surface area contributed by atoms with Crippen molar-refractivity contribution in [3.63, 3.8) is 0 Å². The lowest BCUT2D eigenvalue weighted by Crippen LogP contribution is -2.28. The topological polar surface area (TPSA) is 75.1 Å². The minimum atomic E-state index is -0.682. The summed E-state index contributed by atoms with van der Waals surface area (Å²) in [4.78, 5) is 12.5. The van der Waals surface area contributed by atoms with E-state index in [4.69, 9.17) is 0 Å². The molecule has 1 amide bonds. The summed E-state index contributed by atoms with van der Waals surface area (Å²) < 4.78 is 3.81. The average molecular weight is 297 g/mol. The Hall–Kier alpha value is -1.31.